The highest BCUT2D eigenvalue weighted by Gasteiger charge is 2.46. The number of likely N-dealkylation sites (N-methyl/N-ethyl adjacent to an activating group) is 1. The van der Waals surface area contributed by atoms with Crippen LogP contribution in [0.4, 0.5) is 18.9 Å². The van der Waals surface area contributed by atoms with Crippen molar-refractivity contribution in [3.63, 3.8) is 0 Å². The number of ether oxygens (including phenoxy) is 1. The fraction of sp³-hybridized carbons (Fsp3) is 0.167. The van der Waals surface area contributed by atoms with E-state index in [9.17, 15) is 32.3 Å². The van der Waals surface area contributed by atoms with E-state index in [-0.39, 0.29) is 11.3 Å². The van der Waals surface area contributed by atoms with Crippen molar-refractivity contribution >= 4 is 29.4 Å². The highest BCUT2D eigenvalue weighted by molar-refractivity contribution is 6.11. The number of hydrogen-bond donors (Lipinski definition) is 1. The third-order valence-electron chi connectivity index (χ3n) is 7.61. The third kappa shape index (κ3) is 7.24. The van der Waals surface area contributed by atoms with E-state index >= 15 is 0 Å². The second-order valence-corrected chi connectivity index (χ2v) is 10.7. The number of halogens is 3. The molecule has 0 radical (unpaired) electrons. The molecule has 8 nitrogen and oxygen atoms in total. The van der Waals surface area contributed by atoms with Crippen molar-refractivity contribution in [1.82, 2.24) is 4.90 Å². The summed E-state index contributed by atoms with van der Waals surface area (Å²) in [6.07, 6.45) is -6.27. The molecule has 4 aromatic rings. The standard InChI is InChI=1S/C36H28F3N3O5/c1-41-29-18-17-24(16-15-23-9-8-10-25(19-23)22-40)20-28(29)33(44)42(32(34(41)45)27-13-6-3-7-14-27)30(26-11-4-2-5-12-26)21-31(43)47-35(46)36(37,38)39/h2-14,17-20,30,32H,21-22,40H2,1H3. The highest BCUT2D eigenvalue weighted by Crippen LogP contribution is 2.41. The van der Waals surface area contributed by atoms with Gasteiger partial charge in [-0.2, -0.15) is 13.2 Å². The van der Waals surface area contributed by atoms with E-state index in [1.165, 1.54) is 18.0 Å². The molecule has 0 aromatic heterocycles. The summed E-state index contributed by atoms with van der Waals surface area (Å²) in [5.41, 5.74) is 8.83. The molecule has 238 valence electrons. The predicted molar refractivity (Wildman–Crippen MR) is 166 cm³/mol. The van der Waals surface area contributed by atoms with Crippen LogP contribution in [0.2, 0.25) is 0 Å². The molecular formula is C36H28F3N3O5. The fourth-order valence-electron chi connectivity index (χ4n) is 5.35. The van der Waals surface area contributed by atoms with Gasteiger partial charge in [0.15, 0.2) is 0 Å². The van der Waals surface area contributed by atoms with Gasteiger partial charge in [-0.05, 0) is 47.0 Å². The maximum atomic E-state index is 14.7. The number of nitrogens with zero attached hydrogens (tertiary/aromatic N) is 2. The molecule has 4 aromatic carbocycles. The molecular weight excluding hydrogens is 611 g/mol. The van der Waals surface area contributed by atoms with E-state index < -0.39 is 48.4 Å². The molecule has 1 heterocycles. The van der Waals surface area contributed by atoms with Crippen molar-refractivity contribution in [2.75, 3.05) is 11.9 Å². The summed E-state index contributed by atoms with van der Waals surface area (Å²) < 4.78 is 43.0. The number of nitrogens with two attached hydrogens (primary N) is 1. The second-order valence-electron chi connectivity index (χ2n) is 10.7. The third-order valence-corrected chi connectivity index (χ3v) is 7.61. The quantitative estimate of drug-likeness (QED) is 0.170. The molecule has 0 fully saturated rings. The largest absolute Gasteiger partial charge is 0.491 e. The van der Waals surface area contributed by atoms with Gasteiger partial charge in [-0.15, -0.1) is 0 Å². The Morgan fingerprint density at radius 1 is 0.872 bits per heavy atom. The zero-order chi connectivity index (χ0) is 33.7. The number of alkyl halides is 3. The molecule has 0 bridgehead atoms. The normalized spacial score (nSPS) is 15.2. The minimum absolute atomic E-state index is 0.0717. The summed E-state index contributed by atoms with van der Waals surface area (Å²) in [7, 11) is 1.51. The Morgan fingerprint density at radius 3 is 2.15 bits per heavy atom. The lowest BCUT2D eigenvalue weighted by Gasteiger charge is -2.36. The van der Waals surface area contributed by atoms with Crippen LogP contribution in [0.5, 0.6) is 0 Å². The summed E-state index contributed by atoms with van der Waals surface area (Å²) in [5, 5.41) is 0. The van der Waals surface area contributed by atoms with Crippen LogP contribution in [-0.2, 0) is 25.7 Å². The highest BCUT2D eigenvalue weighted by atomic mass is 19.4. The zero-order valence-corrected chi connectivity index (χ0v) is 25.0. The Balaban J connectivity index is 1.65. The topological polar surface area (TPSA) is 110 Å². The number of amides is 2. The molecule has 5 rings (SSSR count). The van der Waals surface area contributed by atoms with Gasteiger partial charge in [0.25, 0.3) is 11.8 Å². The molecule has 2 atom stereocenters. The Hall–Kier alpha value is -5.73. The van der Waals surface area contributed by atoms with Gasteiger partial charge in [-0.3, -0.25) is 14.4 Å². The van der Waals surface area contributed by atoms with Crippen LogP contribution >= 0.6 is 0 Å². The van der Waals surface area contributed by atoms with Crippen LogP contribution in [0.3, 0.4) is 0 Å². The van der Waals surface area contributed by atoms with E-state index in [1.54, 1.807) is 72.8 Å². The molecule has 2 amide bonds. The van der Waals surface area contributed by atoms with E-state index in [1.807, 2.05) is 24.3 Å². The number of benzene rings is 4. The first-order valence-electron chi connectivity index (χ1n) is 14.4. The molecule has 1 aliphatic rings. The number of esters is 2. The summed E-state index contributed by atoms with van der Waals surface area (Å²) in [4.78, 5) is 55.8. The van der Waals surface area contributed by atoms with Crippen LogP contribution < -0.4 is 10.6 Å². The summed E-state index contributed by atoms with van der Waals surface area (Å²) in [5.74, 6) is 0.644. The lowest BCUT2D eigenvalue weighted by molar-refractivity contribution is -0.202. The number of hydrogen-bond acceptors (Lipinski definition) is 6. The molecule has 11 heteroatoms. The first-order chi connectivity index (χ1) is 22.5. The number of rotatable bonds is 6. The van der Waals surface area contributed by atoms with E-state index in [2.05, 4.69) is 16.6 Å². The number of carbonyl (C=O) groups excluding carboxylic acids is 4. The van der Waals surface area contributed by atoms with Crippen LogP contribution in [-0.4, -0.2) is 41.9 Å². The van der Waals surface area contributed by atoms with Crippen molar-refractivity contribution < 1.29 is 37.1 Å². The molecule has 1 aliphatic heterocycles. The minimum atomic E-state index is -5.41. The smallest absolute Gasteiger partial charge is 0.386 e. The number of fused-ring (bicyclic) bond motifs is 1. The van der Waals surface area contributed by atoms with Gasteiger partial charge in [0.2, 0.25) is 0 Å². The number of anilines is 1. The van der Waals surface area contributed by atoms with Gasteiger partial charge in [0.05, 0.1) is 23.7 Å². The van der Waals surface area contributed by atoms with Crippen LogP contribution in [0.25, 0.3) is 0 Å². The van der Waals surface area contributed by atoms with Crippen molar-refractivity contribution in [2.45, 2.75) is 31.2 Å². The molecule has 0 aliphatic carbocycles. The van der Waals surface area contributed by atoms with E-state index in [4.69, 9.17) is 5.73 Å². The van der Waals surface area contributed by atoms with Gasteiger partial charge < -0.3 is 20.3 Å². The molecule has 0 saturated heterocycles. The molecule has 47 heavy (non-hydrogen) atoms. The summed E-state index contributed by atoms with van der Waals surface area (Å²) >= 11 is 0. The lowest BCUT2D eigenvalue weighted by atomic mass is 9.95. The van der Waals surface area contributed by atoms with Crippen molar-refractivity contribution in [1.29, 1.82) is 0 Å². The van der Waals surface area contributed by atoms with Crippen LogP contribution in [0.15, 0.2) is 103 Å². The number of carbonyl (C=O) groups is 4. The van der Waals surface area contributed by atoms with Crippen LogP contribution in [0.1, 0.15) is 56.7 Å². The molecule has 2 N–H and O–H groups in total. The summed E-state index contributed by atoms with van der Waals surface area (Å²) in [6, 6.07) is 25.8. The molecule has 2 unspecified atom stereocenters. The van der Waals surface area contributed by atoms with Crippen molar-refractivity contribution in [3.05, 3.63) is 137 Å². The zero-order valence-electron chi connectivity index (χ0n) is 25.0. The van der Waals surface area contributed by atoms with E-state index in [0.717, 1.165) is 10.5 Å². The second kappa shape index (κ2) is 13.7. The van der Waals surface area contributed by atoms with Gasteiger partial charge in [0, 0.05) is 24.7 Å². The first-order valence-corrected chi connectivity index (χ1v) is 14.4. The predicted octanol–water partition coefficient (Wildman–Crippen LogP) is 5.47. The van der Waals surface area contributed by atoms with Gasteiger partial charge in [0.1, 0.15) is 6.04 Å². The Kier molecular flexibility index (Phi) is 9.54. The van der Waals surface area contributed by atoms with Crippen molar-refractivity contribution in [3.8, 4) is 11.8 Å². The SMILES string of the molecule is CN1C(=O)C(c2ccccc2)N(C(CC(=O)OC(=O)C(F)(F)F)c2ccccc2)C(=O)c2cc(C#Cc3cccc(CN)c3)ccc21. The van der Waals surface area contributed by atoms with Gasteiger partial charge in [-0.1, -0.05) is 84.6 Å². The Labute approximate surface area is 268 Å². The monoisotopic (exact) mass is 639 g/mol. The Bertz CT molecular complexity index is 1880. The first kappa shape index (κ1) is 32.7. The summed E-state index contributed by atoms with van der Waals surface area (Å²) in [6.45, 7) is 0.335. The average molecular weight is 640 g/mol. The van der Waals surface area contributed by atoms with Gasteiger partial charge >= 0.3 is 18.1 Å². The fourth-order valence-corrected chi connectivity index (χ4v) is 5.35. The lowest BCUT2D eigenvalue weighted by Crippen LogP contribution is -2.44. The maximum Gasteiger partial charge on any atom is 0.491 e. The minimum Gasteiger partial charge on any atom is -0.386 e. The molecule has 0 saturated carbocycles. The van der Waals surface area contributed by atoms with Crippen LogP contribution in [0, 0.1) is 11.8 Å². The molecule has 0 spiro atoms. The maximum absolute atomic E-state index is 14.7. The van der Waals surface area contributed by atoms with Gasteiger partial charge in [-0.25, -0.2) is 4.79 Å². The Morgan fingerprint density at radius 2 is 1.51 bits per heavy atom. The average Bonchev–Trinajstić information content (AvgIpc) is 3.15. The van der Waals surface area contributed by atoms with Crippen molar-refractivity contribution in [2.24, 2.45) is 5.73 Å². The van der Waals surface area contributed by atoms with E-state index in [0.29, 0.717) is 28.8 Å².